The number of halogens is 1. The zero-order chi connectivity index (χ0) is 15.2. The molecular formula is C16H22BrN3O. The maximum atomic E-state index is 5.81. The average Bonchev–Trinajstić information content (AvgIpc) is 2.83. The maximum Gasteiger partial charge on any atom is 0.146 e. The summed E-state index contributed by atoms with van der Waals surface area (Å²) in [5.41, 5.74) is 1.24. The molecule has 1 aromatic heterocycles. The molecule has 0 aliphatic carbocycles. The Bertz CT molecular complexity index is 581. The number of hydrogen-bond acceptors (Lipinski definition) is 3. The predicted octanol–water partition coefficient (Wildman–Crippen LogP) is 3.51. The fraction of sp³-hybridized carbons (Fsp3) is 0.438. The highest BCUT2D eigenvalue weighted by molar-refractivity contribution is 9.10. The topological polar surface area (TPSA) is 39.1 Å². The number of nitrogens with one attached hydrogen (secondary N) is 1. The summed E-state index contributed by atoms with van der Waals surface area (Å²) in [5, 5.41) is 3.43. The number of hydrogen-bond donors (Lipinski definition) is 1. The van der Waals surface area contributed by atoms with Crippen molar-refractivity contribution in [3.63, 3.8) is 0 Å². The van der Waals surface area contributed by atoms with Gasteiger partial charge in [-0.25, -0.2) is 4.98 Å². The second-order valence-electron chi connectivity index (χ2n) is 5.53. The van der Waals surface area contributed by atoms with Gasteiger partial charge in [0.1, 0.15) is 18.2 Å². The van der Waals surface area contributed by atoms with Gasteiger partial charge >= 0.3 is 0 Å². The molecule has 114 valence electrons. The fourth-order valence-electron chi connectivity index (χ4n) is 1.95. The Kier molecular flexibility index (Phi) is 5.82. The molecule has 0 atom stereocenters. The molecule has 0 unspecified atom stereocenters. The minimum absolute atomic E-state index is 0.465. The van der Waals surface area contributed by atoms with E-state index in [9.17, 15) is 0 Å². The van der Waals surface area contributed by atoms with E-state index in [-0.39, 0.29) is 0 Å². The van der Waals surface area contributed by atoms with Gasteiger partial charge in [-0.05, 0) is 46.1 Å². The number of nitrogens with zero attached hydrogens (tertiary/aromatic N) is 2. The van der Waals surface area contributed by atoms with Gasteiger partial charge in [0.25, 0.3) is 0 Å². The second kappa shape index (κ2) is 7.61. The Balaban J connectivity index is 1.91. The summed E-state index contributed by atoms with van der Waals surface area (Å²) in [6.45, 7) is 6.77. The minimum Gasteiger partial charge on any atom is -0.485 e. The van der Waals surface area contributed by atoms with Crippen molar-refractivity contribution in [3.8, 4) is 5.75 Å². The molecule has 1 aromatic carbocycles. The molecule has 0 saturated heterocycles. The molecule has 0 spiro atoms. The highest BCUT2D eigenvalue weighted by Gasteiger charge is 2.05. The average molecular weight is 352 g/mol. The lowest BCUT2D eigenvalue weighted by Gasteiger charge is -2.11. The van der Waals surface area contributed by atoms with E-state index in [1.807, 2.05) is 23.9 Å². The van der Waals surface area contributed by atoms with Crippen molar-refractivity contribution in [1.82, 2.24) is 14.9 Å². The quantitative estimate of drug-likeness (QED) is 0.829. The smallest absolute Gasteiger partial charge is 0.146 e. The highest BCUT2D eigenvalue weighted by Crippen LogP contribution is 2.26. The van der Waals surface area contributed by atoms with Crippen LogP contribution in [0.4, 0.5) is 0 Å². The van der Waals surface area contributed by atoms with Crippen molar-refractivity contribution in [3.05, 3.63) is 46.5 Å². The molecule has 1 N–H and O–H groups in total. The maximum absolute atomic E-state index is 5.81. The lowest BCUT2D eigenvalue weighted by molar-refractivity contribution is 0.290. The molecule has 4 nitrogen and oxygen atoms in total. The molecule has 2 aromatic rings. The third kappa shape index (κ3) is 4.86. The first-order valence-electron chi connectivity index (χ1n) is 7.14. The largest absolute Gasteiger partial charge is 0.485 e. The van der Waals surface area contributed by atoms with Gasteiger partial charge in [0, 0.05) is 26.0 Å². The third-order valence-electron chi connectivity index (χ3n) is 3.16. The van der Waals surface area contributed by atoms with Gasteiger partial charge < -0.3 is 14.6 Å². The predicted molar refractivity (Wildman–Crippen MR) is 88.2 cm³/mol. The van der Waals surface area contributed by atoms with Crippen LogP contribution in [0.15, 0.2) is 35.1 Å². The lowest BCUT2D eigenvalue weighted by Crippen LogP contribution is -2.18. The standard InChI is InChI=1S/C16H22BrN3O/c1-12(2)9-18-10-13-4-5-15(14(17)8-13)21-11-16-19-6-7-20(16)3/h4-8,12,18H,9-11H2,1-3H3. The summed E-state index contributed by atoms with van der Waals surface area (Å²) in [5.74, 6) is 2.41. The van der Waals surface area contributed by atoms with Gasteiger partial charge in [0.05, 0.1) is 4.47 Å². The van der Waals surface area contributed by atoms with E-state index >= 15 is 0 Å². The monoisotopic (exact) mass is 351 g/mol. The molecule has 0 amide bonds. The van der Waals surface area contributed by atoms with Crippen LogP contribution in [0.25, 0.3) is 0 Å². The molecule has 2 rings (SSSR count). The SMILES string of the molecule is CC(C)CNCc1ccc(OCc2nccn2C)c(Br)c1. The van der Waals surface area contributed by atoms with Gasteiger partial charge in [-0.3, -0.25) is 0 Å². The van der Waals surface area contributed by atoms with Crippen molar-refractivity contribution < 1.29 is 4.74 Å². The molecule has 0 radical (unpaired) electrons. The molecule has 0 fully saturated rings. The Labute approximate surface area is 134 Å². The lowest BCUT2D eigenvalue weighted by atomic mass is 10.2. The van der Waals surface area contributed by atoms with Crippen LogP contribution in [0.5, 0.6) is 5.75 Å². The first-order chi connectivity index (χ1) is 10.1. The van der Waals surface area contributed by atoms with Gasteiger partial charge in [0.2, 0.25) is 0 Å². The van der Waals surface area contributed by atoms with E-state index in [4.69, 9.17) is 4.74 Å². The Morgan fingerprint density at radius 1 is 1.38 bits per heavy atom. The van der Waals surface area contributed by atoms with Crippen molar-refractivity contribution in [2.45, 2.75) is 27.0 Å². The summed E-state index contributed by atoms with van der Waals surface area (Å²) in [6.07, 6.45) is 3.69. The van der Waals surface area contributed by atoms with E-state index in [0.717, 1.165) is 29.1 Å². The molecule has 0 saturated carbocycles. The molecule has 1 heterocycles. The first kappa shape index (κ1) is 16.0. The zero-order valence-corrected chi connectivity index (χ0v) is 14.4. The number of aromatic nitrogens is 2. The molecule has 0 bridgehead atoms. The van der Waals surface area contributed by atoms with E-state index in [1.165, 1.54) is 5.56 Å². The van der Waals surface area contributed by atoms with Crippen molar-refractivity contribution in [1.29, 1.82) is 0 Å². The molecule has 0 aliphatic heterocycles. The number of aryl methyl sites for hydroxylation is 1. The van der Waals surface area contributed by atoms with Crippen LogP contribution in [-0.2, 0) is 20.2 Å². The van der Waals surface area contributed by atoms with Crippen LogP contribution < -0.4 is 10.1 Å². The van der Waals surface area contributed by atoms with Crippen LogP contribution in [0, 0.1) is 5.92 Å². The number of benzene rings is 1. The Morgan fingerprint density at radius 2 is 2.19 bits per heavy atom. The van der Waals surface area contributed by atoms with Gasteiger partial charge in [-0.1, -0.05) is 19.9 Å². The van der Waals surface area contributed by atoms with E-state index in [1.54, 1.807) is 6.20 Å². The van der Waals surface area contributed by atoms with Gasteiger partial charge in [-0.15, -0.1) is 0 Å². The zero-order valence-electron chi connectivity index (χ0n) is 12.8. The van der Waals surface area contributed by atoms with Crippen molar-refractivity contribution in [2.24, 2.45) is 13.0 Å². The van der Waals surface area contributed by atoms with Crippen LogP contribution in [0.1, 0.15) is 25.2 Å². The summed E-state index contributed by atoms with van der Waals surface area (Å²) >= 11 is 3.57. The number of rotatable bonds is 7. The van der Waals surface area contributed by atoms with Crippen molar-refractivity contribution in [2.75, 3.05) is 6.54 Å². The molecular weight excluding hydrogens is 330 g/mol. The first-order valence-corrected chi connectivity index (χ1v) is 7.93. The van der Waals surface area contributed by atoms with E-state index in [2.05, 4.69) is 52.2 Å². The fourth-order valence-corrected chi connectivity index (χ4v) is 2.50. The second-order valence-corrected chi connectivity index (χ2v) is 6.39. The van der Waals surface area contributed by atoms with Crippen LogP contribution in [0.3, 0.4) is 0 Å². The third-order valence-corrected chi connectivity index (χ3v) is 3.78. The summed E-state index contributed by atoms with van der Waals surface area (Å²) < 4.78 is 8.74. The molecule has 5 heteroatoms. The number of ether oxygens (including phenoxy) is 1. The summed E-state index contributed by atoms with van der Waals surface area (Å²) in [7, 11) is 1.96. The minimum atomic E-state index is 0.465. The van der Waals surface area contributed by atoms with Crippen LogP contribution >= 0.6 is 15.9 Å². The van der Waals surface area contributed by atoms with Gasteiger partial charge in [-0.2, -0.15) is 0 Å². The highest BCUT2D eigenvalue weighted by atomic mass is 79.9. The van der Waals surface area contributed by atoms with E-state index in [0.29, 0.717) is 12.5 Å². The van der Waals surface area contributed by atoms with E-state index < -0.39 is 0 Å². The summed E-state index contributed by atoms with van der Waals surface area (Å²) in [4.78, 5) is 4.25. The molecule has 21 heavy (non-hydrogen) atoms. The summed E-state index contributed by atoms with van der Waals surface area (Å²) in [6, 6.07) is 6.19. The molecule has 0 aliphatic rings. The van der Waals surface area contributed by atoms with Gasteiger partial charge in [0.15, 0.2) is 0 Å². The Hall–Kier alpha value is -1.33. The van der Waals surface area contributed by atoms with Crippen LogP contribution in [-0.4, -0.2) is 16.1 Å². The van der Waals surface area contributed by atoms with Crippen LogP contribution in [0.2, 0.25) is 0 Å². The Morgan fingerprint density at radius 3 is 2.81 bits per heavy atom. The number of imidazole rings is 1. The van der Waals surface area contributed by atoms with Crippen molar-refractivity contribution >= 4 is 15.9 Å². The normalized spacial score (nSPS) is 11.1.